The van der Waals surface area contributed by atoms with Gasteiger partial charge in [-0.2, -0.15) is 0 Å². The number of fused-ring (bicyclic) bond motifs is 7. The van der Waals surface area contributed by atoms with Gasteiger partial charge in [0.2, 0.25) is 5.95 Å². The van der Waals surface area contributed by atoms with Gasteiger partial charge < -0.3 is 4.90 Å². The molecule has 0 atom stereocenters. The summed E-state index contributed by atoms with van der Waals surface area (Å²) >= 11 is 0. The molecule has 63 heavy (non-hydrogen) atoms. The molecule has 4 nitrogen and oxygen atoms in total. The molecule has 298 valence electrons. The molecule has 2 aromatic heterocycles. The Labute approximate surface area is 367 Å². The molecule has 0 saturated heterocycles. The first-order chi connectivity index (χ1) is 31.0. The topological polar surface area (TPSA) is 34.0 Å². The fourth-order valence-corrected chi connectivity index (χ4v) is 9.84. The lowest BCUT2D eigenvalue weighted by Gasteiger charge is -2.42. The van der Waals surface area contributed by atoms with E-state index in [0.717, 1.165) is 55.7 Å². The molecule has 11 aromatic rings. The van der Waals surface area contributed by atoms with Crippen molar-refractivity contribution < 1.29 is 0 Å². The van der Waals surface area contributed by atoms with Gasteiger partial charge in [-0.05, 0) is 92.7 Å². The molecule has 0 saturated carbocycles. The van der Waals surface area contributed by atoms with E-state index in [1.165, 1.54) is 49.8 Å². The number of hydrogen-bond donors (Lipinski definition) is 0. The Morgan fingerprint density at radius 1 is 0.381 bits per heavy atom. The molecule has 0 unspecified atom stereocenters. The lowest BCUT2D eigenvalue weighted by Crippen LogP contribution is -2.30. The Hall–Kier alpha value is -8.08. The summed E-state index contributed by atoms with van der Waals surface area (Å²) in [6.45, 7) is 4.69. The molecule has 0 aliphatic carbocycles. The maximum atomic E-state index is 5.40. The zero-order valence-electron chi connectivity index (χ0n) is 35.1. The second kappa shape index (κ2) is 14.5. The van der Waals surface area contributed by atoms with Gasteiger partial charge in [-0.15, -0.1) is 0 Å². The molecule has 1 aliphatic rings. The molecule has 4 heteroatoms. The Bertz CT molecular complexity index is 3520. The normalized spacial score (nSPS) is 13.0. The van der Waals surface area contributed by atoms with Gasteiger partial charge in [-0.1, -0.05) is 184 Å². The monoisotopic (exact) mass is 806 g/mol. The van der Waals surface area contributed by atoms with Crippen molar-refractivity contribution in [3.63, 3.8) is 0 Å². The van der Waals surface area contributed by atoms with E-state index < -0.39 is 0 Å². The number of aromatic nitrogens is 3. The maximum Gasteiger partial charge on any atom is 0.235 e. The summed E-state index contributed by atoms with van der Waals surface area (Å²) in [4.78, 5) is 13.2. The summed E-state index contributed by atoms with van der Waals surface area (Å²) in [6.07, 6.45) is 0. The van der Waals surface area contributed by atoms with Crippen LogP contribution in [0.15, 0.2) is 218 Å². The molecule has 0 N–H and O–H groups in total. The van der Waals surface area contributed by atoms with E-state index in [1.807, 2.05) is 6.07 Å². The molecule has 0 fully saturated rings. The predicted molar refractivity (Wildman–Crippen MR) is 262 cm³/mol. The summed E-state index contributed by atoms with van der Waals surface area (Å²) < 4.78 is 2.26. The van der Waals surface area contributed by atoms with Crippen LogP contribution in [-0.4, -0.2) is 14.5 Å². The van der Waals surface area contributed by atoms with Crippen molar-refractivity contribution in [2.75, 3.05) is 4.90 Å². The smallest absolute Gasteiger partial charge is 0.235 e. The van der Waals surface area contributed by atoms with Gasteiger partial charge in [0.15, 0.2) is 0 Å². The summed E-state index contributed by atoms with van der Waals surface area (Å²) in [5.74, 6) is 0.634. The van der Waals surface area contributed by atoms with Gasteiger partial charge in [-0.25, -0.2) is 9.97 Å². The van der Waals surface area contributed by atoms with Gasteiger partial charge in [0.1, 0.15) is 0 Å². The van der Waals surface area contributed by atoms with Gasteiger partial charge in [0.25, 0.3) is 0 Å². The van der Waals surface area contributed by atoms with Crippen LogP contribution in [0.4, 0.5) is 17.1 Å². The third kappa shape index (κ3) is 6.06. The Morgan fingerprint density at radius 2 is 0.921 bits per heavy atom. The van der Waals surface area contributed by atoms with Crippen LogP contribution in [0.2, 0.25) is 0 Å². The number of anilines is 3. The van der Waals surface area contributed by atoms with Crippen molar-refractivity contribution in [1.82, 2.24) is 14.5 Å². The van der Waals surface area contributed by atoms with E-state index in [1.54, 1.807) is 0 Å². The zero-order valence-corrected chi connectivity index (χ0v) is 35.1. The van der Waals surface area contributed by atoms with E-state index in [4.69, 9.17) is 9.97 Å². The predicted octanol–water partition coefficient (Wildman–Crippen LogP) is 15.5. The zero-order chi connectivity index (χ0) is 42.1. The maximum absolute atomic E-state index is 5.40. The fraction of sp³-hybridized carbons (Fsp3) is 0.0508. The van der Waals surface area contributed by atoms with Gasteiger partial charge in [-0.3, -0.25) is 4.57 Å². The third-order valence-electron chi connectivity index (χ3n) is 13.0. The van der Waals surface area contributed by atoms with E-state index in [0.29, 0.717) is 5.95 Å². The van der Waals surface area contributed by atoms with Crippen LogP contribution in [0.1, 0.15) is 25.0 Å². The minimum absolute atomic E-state index is 0.177. The third-order valence-corrected chi connectivity index (χ3v) is 13.0. The molecule has 0 amide bonds. The van der Waals surface area contributed by atoms with Gasteiger partial charge in [0, 0.05) is 33.0 Å². The van der Waals surface area contributed by atoms with Crippen molar-refractivity contribution in [1.29, 1.82) is 0 Å². The number of para-hydroxylation sites is 2. The minimum Gasteiger partial charge on any atom is -0.310 e. The van der Waals surface area contributed by atoms with Crippen LogP contribution in [0, 0.1) is 0 Å². The second-order valence-corrected chi connectivity index (χ2v) is 17.0. The highest BCUT2D eigenvalue weighted by Crippen LogP contribution is 2.53. The second-order valence-electron chi connectivity index (χ2n) is 17.0. The molecule has 0 spiro atoms. The Morgan fingerprint density at radius 3 is 1.68 bits per heavy atom. The van der Waals surface area contributed by atoms with Crippen LogP contribution in [0.25, 0.3) is 83.3 Å². The van der Waals surface area contributed by atoms with Crippen molar-refractivity contribution in [3.8, 4) is 50.7 Å². The standard InChI is InChI=1S/C59H42N4/c1-59(2)49-24-14-15-25-54(49)62(46-21-10-5-11-22-46)56-37-45(30-33-50(56)59)44-32-34-53-48(36-44)57-47-23-13-12-18-41(47)31-35-55(57)63(53)58-60-51(42-19-8-4-9-20-42)38-52(61-58)43-28-26-40(27-29-43)39-16-6-3-7-17-39/h3-38H,1-2H3. The average Bonchev–Trinajstić information content (AvgIpc) is 3.69. The van der Waals surface area contributed by atoms with Crippen LogP contribution < -0.4 is 4.90 Å². The largest absolute Gasteiger partial charge is 0.310 e. The molecule has 3 heterocycles. The number of rotatable bonds is 6. The van der Waals surface area contributed by atoms with Crippen LogP contribution in [0.3, 0.4) is 0 Å². The van der Waals surface area contributed by atoms with Crippen LogP contribution in [-0.2, 0) is 5.41 Å². The van der Waals surface area contributed by atoms with E-state index in [-0.39, 0.29) is 5.41 Å². The first-order valence-electron chi connectivity index (χ1n) is 21.7. The van der Waals surface area contributed by atoms with Crippen LogP contribution >= 0.6 is 0 Å². The first-order valence-corrected chi connectivity index (χ1v) is 21.7. The fourth-order valence-electron chi connectivity index (χ4n) is 9.84. The number of hydrogen-bond acceptors (Lipinski definition) is 3. The molecule has 12 rings (SSSR count). The lowest BCUT2D eigenvalue weighted by atomic mass is 9.73. The van der Waals surface area contributed by atoms with Gasteiger partial charge >= 0.3 is 0 Å². The highest BCUT2D eigenvalue weighted by atomic mass is 15.2. The van der Waals surface area contributed by atoms with Crippen molar-refractivity contribution in [2.24, 2.45) is 0 Å². The quantitative estimate of drug-likeness (QED) is 0.168. The molecule has 0 radical (unpaired) electrons. The van der Waals surface area contributed by atoms with Crippen molar-refractivity contribution in [2.45, 2.75) is 19.3 Å². The number of benzene rings is 9. The number of nitrogens with zero attached hydrogens (tertiary/aromatic N) is 4. The molecule has 9 aromatic carbocycles. The minimum atomic E-state index is -0.177. The van der Waals surface area contributed by atoms with E-state index >= 15 is 0 Å². The molecule has 0 bridgehead atoms. The molecular weight excluding hydrogens is 765 g/mol. The summed E-state index contributed by atoms with van der Waals surface area (Å²) in [7, 11) is 0. The van der Waals surface area contributed by atoms with Gasteiger partial charge in [0.05, 0.1) is 33.8 Å². The highest BCUT2D eigenvalue weighted by molar-refractivity contribution is 6.21. The summed E-state index contributed by atoms with van der Waals surface area (Å²) in [5.41, 5.74) is 16.6. The first kappa shape index (κ1) is 36.7. The average molecular weight is 807 g/mol. The molecular formula is C59H42N4. The highest BCUT2D eigenvalue weighted by Gasteiger charge is 2.37. The lowest BCUT2D eigenvalue weighted by molar-refractivity contribution is 0.632. The summed E-state index contributed by atoms with van der Waals surface area (Å²) in [5, 5.41) is 4.74. The summed E-state index contributed by atoms with van der Waals surface area (Å²) in [6, 6.07) is 78.4. The van der Waals surface area contributed by atoms with E-state index in [9.17, 15) is 0 Å². The van der Waals surface area contributed by atoms with Crippen LogP contribution in [0.5, 0.6) is 0 Å². The SMILES string of the molecule is CC1(C)c2ccccc2N(c2ccccc2)c2cc(-c3ccc4c(c3)c3c5ccccc5ccc3n4-c3nc(-c4ccccc4)cc(-c4ccc(-c5ccccc5)cc4)n3)ccc21. The molecule has 1 aliphatic heterocycles. The van der Waals surface area contributed by atoms with Crippen molar-refractivity contribution in [3.05, 3.63) is 230 Å². The Kier molecular flexibility index (Phi) is 8.48. The van der Waals surface area contributed by atoms with Crippen molar-refractivity contribution >= 4 is 49.6 Å². The Balaban J connectivity index is 1.06. The van der Waals surface area contributed by atoms with E-state index in [2.05, 4.69) is 236 Å².